The predicted octanol–water partition coefficient (Wildman–Crippen LogP) is 2.05. The average Bonchev–Trinajstić information content (AvgIpc) is 2.21. The Hall–Kier alpha value is -1.32. The predicted molar refractivity (Wildman–Crippen MR) is 61.1 cm³/mol. The maximum atomic E-state index is 11.3. The smallest absolute Gasteiger partial charge is 0.407 e. The van der Waals surface area contributed by atoms with Gasteiger partial charge in [0, 0.05) is 13.0 Å². The van der Waals surface area contributed by atoms with Crippen molar-refractivity contribution in [3.8, 4) is 0 Å². The summed E-state index contributed by atoms with van der Waals surface area (Å²) in [4.78, 5) is 22.4. The van der Waals surface area contributed by atoms with Gasteiger partial charge in [0.15, 0.2) is 0 Å². The lowest BCUT2D eigenvalue weighted by molar-refractivity contribution is -0.121. The van der Waals surface area contributed by atoms with Crippen LogP contribution in [0.3, 0.4) is 0 Å². The molecule has 0 saturated heterocycles. The van der Waals surface area contributed by atoms with Crippen LogP contribution in [0.25, 0.3) is 0 Å². The van der Waals surface area contributed by atoms with E-state index in [9.17, 15) is 9.59 Å². The molecular weight excluding hydrogens is 206 g/mol. The van der Waals surface area contributed by atoms with E-state index in [1.165, 1.54) is 7.05 Å². The summed E-state index contributed by atoms with van der Waals surface area (Å²) in [5.41, 5.74) is 0. The van der Waals surface area contributed by atoms with Gasteiger partial charge in [-0.2, -0.15) is 0 Å². The van der Waals surface area contributed by atoms with E-state index in [1.54, 1.807) is 6.92 Å². The number of nitrogens with one attached hydrogen (secondary N) is 1. The summed E-state index contributed by atoms with van der Waals surface area (Å²) >= 11 is 0. The molecule has 1 aliphatic rings. The fraction of sp³-hybridized carbons (Fsp3) is 0.667. The zero-order chi connectivity index (χ0) is 12.0. The fourth-order valence-electron chi connectivity index (χ4n) is 1.85. The van der Waals surface area contributed by atoms with Crippen molar-refractivity contribution in [3.05, 3.63) is 12.2 Å². The lowest BCUT2D eigenvalue weighted by atomic mass is 9.90. The van der Waals surface area contributed by atoms with E-state index >= 15 is 0 Å². The first-order chi connectivity index (χ1) is 7.63. The molecule has 16 heavy (non-hydrogen) atoms. The molecular formula is C12H19NO3. The van der Waals surface area contributed by atoms with Crippen LogP contribution in [0.15, 0.2) is 12.2 Å². The van der Waals surface area contributed by atoms with Gasteiger partial charge in [-0.15, -0.1) is 0 Å². The minimum atomic E-state index is -0.422. The Kier molecular flexibility index (Phi) is 5.02. The Morgan fingerprint density at radius 2 is 2.06 bits per heavy atom. The van der Waals surface area contributed by atoms with Crippen molar-refractivity contribution in [3.63, 3.8) is 0 Å². The van der Waals surface area contributed by atoms with Crippen LogP contribution in [0.1, 0.15) is 32.6 Å². The number of alkyl carbamates (subject to hydrolysis) is 1. The molecule has 0 aromatic rings. The van der Waals surface area contributed by atoms with Gasteiger partial charge >= 0.3 is 6.09 Å². The Morgan fingerprint density at radius 1 is 1.31 bits per heavy atom. The monoisotopic (exact) mass is 225 g/mol. The van der Waals surface area contributed by atoms with E-state index < -0.39 is 6.09 Å². The maximum Gasteiger partial charge on any atom is 0.407 e. The van der Waals surface area contributed by atoms with Gasteiger partial charge in [-0.25, -0.2) is 4.79 Å². The number of amides is 1. The summed E-state index contributed by atoms with van der Waals surface area (Å²) < 4.78 is 5.16. The average molecular weight is 225 g/mol. The van der Waals surface area contributed by atoms with Crippen molar-refractivity contribution in [2.45, 2.75) is 38.7 Å². The molecule has 0 bridgehead atoms. The highest BCUT2D eigenvalue weighted by Gasteiger charge is 2.19. The third-order valence-electron chi connectivity index (χ3n) is 2.87. The largest absolute Gasteiger partial charge is 0.442 e. The number of ether oxygens (including phenoxy) is 1. The van der Waals surface area contributed by atoms with Crippen molar-refractivity contribution < 1.29 is 14.3 Å². The molecule has 4 nitrogen and oxygen atoms in total. The number of hydrogen-bond acceptors (Lipinski definition) is 3. The Morgan fingerprint density at radius 3 is 2.69 bits per heavy atom. The summed E-state index contributed by atoms with van der Waals surface area (Å²) in [5, 5.41) is 2.42. The van der Waals surface area contributed by atoms with Gasteiger partial charge in [0.1, 0.15) is 11.9 Å². The summed E-state index contributed by atoms with van der Waals surface area (Å²) in [5.74, 6) is 0.342. The molecule has 90 valence electrons. The number of rotatable bonds is 2. The minimum Gasteiger partial charge on any atom is -0.442 e. The van der Waals surface area contributed by atoms with E-state index in [-0.39, 0.29) is 17.8 Å². The third kappa shape index (κ3) is 4.04. The Balaban J connectivity index is 2.51. The lowest BCUT2D eigenvalue weighted by Crippen LogP contribution is -2.26. The summed E-state index contributed by atoms with van der Waals surface area (Å²) in [6.07, 6.45) is 6.55. The van der Waals surface area contributed by atoms with Crippen LogP contribution >= 0.6 is 0 Å². The molecule has 1 amide bonds. The topological polar surface area (TPSA) is 55.4 Å². The Labute approximate surface area is 96.0 Å². The summed E-state index contributed by atoms with van der Waals surface area (Å²) in [7, 11) is 1.54. The minimum absolute atomic E-state index is 0.112. The van der Waals surface area contributed by atoms with E-state index in [4.69, 9.17) is 4.74 Å². The third-order valence-corrected chi connectivity index (χ3v) is 2.87. The molecule has 2 unspecified atom stereocenters. The van der Waals surface area contributed by atoms with Crippen LogP contribution < -0.4 is 5.32 Å². The highest BCUT2D eigenvalue weighted by molar-refractivity contribution is 5.78. The summed E-state index contributed by atoms with van der Waals surface area (Å²) in [6.45, 7) is 1.63. The van der Waals surface area contributed by atoms with Gasteiger partial charge in [0.2, 0.25) is 0 Å². The molecule has 0 aromatic carbocycles. The maximum absolute atomic E-state index is 11.3. The molecule has 0 radical (unpaired) electrons. The zero-order valence-electron chi connectivity index (χ0n) is 9.86. The van der Waals surface area contributed by atoms with Crippen LogP contribution in [0.5, 0.6) is 0 Å². The van der Waals surface area contributed by atoms with Crippen LogP contribution in [0.4, 0.5) is 4.79 Å². The van der Waals surface area contributed by atoms with Crippen LogP contribution in [-0.4, -0.2) is 25.0 Å². The van der Waals surface area contributed by atoms with E-state index in [2.05, 4.69) is 5.32 Å². The van der Waals surface area contributed by atoms with Crippen molar-refractivity contribution in [1.29, 1.82) is 0 Å². The van der Waals surface area contributed by atoms with Gasteiger partial charge in [0.05, 0.1) is 0 Å². The van der Waals surface area contributed by atoms with E-state index in [0.717, 1.165) is 19.3 Å². The van der Waals surface area contributed by atoms with Crippen LogP contribution in [0, 0.1) is 5.92 Å². The SMILES string of the molecule is CNC(=O)OC1/C=C/CCC(C(C)=O)CC1. The molecule has 0 aromatic heterocycles. The number of carbonyl (C=O) groups excluding carboxylic acids is 2. The van der Waals surface area contributed by atoms with Gasteiger partial charge in [-0.3, -0.25) is 4.79 Å². The number of ketones is 1. The van der Waals surface area contributed by atoms with Gasteiger partial charge < -0.3 is 10.1 Å². The number of Topliss-reactive ketones (excluding diaryl/α,β-unsaturated/α-hetero) is 1. The van der Waals surface area contributed by atoms with Gasteiger partial charge in [0.25, 0.3) is 0 Å². The summed E-state index contributed by atoms with van der Waals surface area (Å²) in [6, 6.07) is 0. The van der Waals surface area contributed by atoms with Crippen LogP contribution in [0.2, 0.25) is 0 Å². The highest BCUT2D eigenvalue weighted by Crippen LogP contribution is 2.21. The molecule has 0 saturated carbocycles. The molecule has 0 heterocycles. The number of carbonyl (C=O) groups is 2. The standard InChI is InChI=1S/C12H19NO3/c1-9(14)10-5-3-4-6-11(8-7-10)16-12(15)13-2/h4,6,10-11H,3,5,7-8H2,1-2H3,(H,13,15)/b6-4+. The zero-order valence-corrected chi connectivity index (χ0v) is 9.86. The first-order valence-electron chi connectivity index (χ1n) is 5.69. The van der Waals surface area contributed by atoms with E-state index in [0.29, 0.717) is 6.42 Å². The van der Waals surface area contributed by atoms with Crippen LogP contribution in [-0.2, 0) is 9.53 Å². The second-order valence-electron chi connectivity index (χ2n) is 4.08. The highest BCUT2D eigenvalue weighted by atomic mass is 16.6. The molecule has 1 rings (SSSR count). The molecule has 0 aliphatic heterocycles. The van der Waals surface area contributed by atoms with Crippen molar-refractivity contribution in [2.75, 3.05) is 7.05 Å². The second-order valence-corrected chi connectivity index (χ2v) is 4.08. The fourth-order valence-corrected chi connectivity index (χ4v) is 1.85. The van der Waals surface area contributed by atoms with Crippen molar-refractivity contribution in [2.24, 2.45) is 5.92 Å². The molecule has 4 heteroatoms. The Bertz CT molecular complexity index is 286. The molecule has 0 fully saturated rings. The first kappa shape index (κ1) is 12.7. The number of allylic oxidation sites excluding steroid dienone is 1. The molecule has 0 spiro atoms. The van der Waals surface area contributed by atoms with E-state index in [1.807, 2.05) is 12.2 Å². The first-order valence-corrected chi connectivity index (χ1v) is 5.69. The van der Waals surface area contributed by atoms with Gasteiger partial charge in [-0.05, 0) is 38.7 Å². The quantitative estimate of drug-likeness (QED) is 0.732. The van der Waals surface area contributed by atoms with Crippen molar-refractivity contribution in [1.82, 2.24) is 5.32 Å². The second kappa shape index (κ2) is 6.30. The van der Waals surface area contributed by atoms with Gasteiger partial charge in [-0.1, -0.05) is 6.08 Å². The molecule has 1 aliphatic carbocycles. The molecule has 2 atom stereocenters. The normalized spacial score (nSPS) is 27.4. The van der Waals surface area contributed by atoms with Crippen molar-refractivity contribution >= 4 is 11.9 Å². The number of hydrogen-bond donors (Lipinski definition) is 1. The lowest BCUT2D eigenvalue weighted by Gasteiger charge is -2.20. The molecule has 1 N–H and O–H groups in total.